The van der Waals surface area contributed by atoms with Gasteiger partial charge in [0.1, 0.15) is 0 Å². The molecule has 1 aliphatic heterocycles. The van der Waals surface area contributed by atoms with Crippen LogP contribution in [0.1, 0.15) is 37.0 Å². The Morgan fingerprint density at radius 3 is 2.57 bits per heavy atom. The summed E-state index contributed by atoms with van der Waals surface area (Å²) in [7, 11) is 0. The summed E-state index contributed by atoms with van der Waals surface area (Å²) < 4.78 is 0. The van der Waals surface area contributed by atoms with Crippen LogP contribution in [0.5, 0.6) is 0 Å². The van der Waals surface area contributed by atoms with Crippen LogP contribution in [0, 0.1) is 5.92 Å². The summed E-state index contributed by atoms with van der Waals surface area (Å²) in [6.45, 7) is 4.36. The van der Waals surface area contributed by atoms with Gasteiger partial charge in [0.05, 0.1) is 12.6 Å². The minimum Gasteiger partial charge on any atom is -0.394 e. The standard InChI is InChI=1S/C16H22N2O3/c1-11(2)15(20)17-13-7-5-12(6-8-13)16(21)18-9-3-4-14(18)10-19/h5-8,11,14,19H,3-4,9-10H2,1-2H3,(H,17,20)/t14-/m1/s1. The number of carbonyl (C=O) groups is 2. The Labute approximate surface area is 125 Å². The van der Waals surface area contributed by atoms with Crippen LogP contribution in [0.4, 0.5) is 5.69 Å². The fraction of sp³-hybridized carbons (Fsp3) is 0.500. The summed E-state index contributed by atoms with van der Waals surface area (Å²) >= 11 is 0. The van der Waals surface area contributed by atoms with Gasteiger partial charge in [-0.05, 0) is 37.1 Å². The molecule has 1 aromatic carbocycles. The highest BCUT2D eigenvalue weighted by Gasteiger charge is 2.28. The lowest BCUT2D eigenvalue weighted by Crippen LogP contribution is -2.37. The lowest BCUT2D eigenvalue weighted by atomic mass is 10.1. The first-order valence-corrected chi connectivity index (χ1v) is 7.35. The van der Waals surface area contributed by atoms with Crippen LogP contribution >= 0.6 is 0 Å². The number of aliphatic hydroxyl groups excluding tert-OH is 1. The van der Waals surface area contributed by atoms with Gasteiger partial charge in [-0.3, -0.25) is 9.59 Å². The van der Waals surface area contributed by atoms with Gasteiger partial charge in [-0.2, -0.15) is 0 Å². The van der Waals surface area contributed by atoms with Gasteiger partial charge < -0.3 is 15.3 Å². The number of likely N-dealkylation sites (tertiary alicyclic amines) is 1. The monoisotopic (exact) mass is 290 g/mol. The Morgan fingerprint density at radius 1 is 1.33 bits per heavy atom. The zero-order chi connectivity index (χ0) is 15.4. The van der Waals surface area contributed by atoms with Crippen molar-refractivity contribution >= 4 is 17.5 Å². The summed E-state index contributed by atoms with van der Waals surface area (Å²) in [6, 6.07) is 6.82. The van der Waals surface area contributed by atoms with Crippen LogP contribution in [0.3, 0.4) is 0 Å². The van der Waals surface area contributed by atoms with Crippen LogP contribution in [0.15, 0.2) is 24.3 Å². The smallest absolute Gasteiger partial charge is 0.254 e. The van der Waals surface area contributed by atoms with Crippen molar-refractivity contribution in [1.82, 2.24) is 4.90 Å². The molecule has 114 valence electrons. The van der Waals surface area contributed by atoms with E-state index in [0.29, 0.717) is 17.8 Å². The van der Waals surface area contributed by atoms with E-state index < -0.39 is 0 Å². The van der Waals surface area contributed by atoms with E-state index in [1.165, 1.54) is 0 Å². The van der Waals surface area contributed by atoms with Crippen molar-refractivity contribution in [2.24, 2.45) is 5.92 Å². The molecule has 0 spiro atoms. The van der Waals surface area contributed by atoms with Crippen molar-refractivity contribution in [3.05, 3.63) is 29.8 Å². The summed E-state index contributed by atoms with van der Waals surface area (Å²) in [5.74, 6) is -0.191. The topological polar surface area (TPSA) is 69.6 Å². The molecule has 1 fully saturated rings. The highest BCUT2D eigenvalue weighted by atomic mass is 16.3. The molecule has 2 rings (SSSR count). The van der Waals surface area contributed by atoms with E-state index in [1.807, 2.05) is 13.8 Å². The number of hydrogen-bond donors (Lipinski definition) is 2. The Balaban J connectivity index is 2.05. The second-order valence-electron chi connectivity index (χ2n) is 5.70. The zero-order valence-electron chi connectivity index (χ0n) is 12.5. The number of nitrogens with one attached hydrogen (secondary N) is 1. The molecule has 1 saturated heterocycles. The van der Waals surface area contributed by atoms with Crippen molar-refractivity contribution in [2.75, 3.05) is 18.5 Å². The lowest BCUT2D eigenvalue weighted by molar-refractivity contribution is -0.118. The van der Waals surface area contributed by atoms with Crippen LogP contribution in [-0.2, 0) is 4.79 Å². The molecular weight excluding hydrogens is 268 g/mol. The number of amides is 2. The molecule has 1 aliphatic rings. The molecule has 5 nitrogen and oxygen atoms in total. The third-order valence-electron chi connectivity index (χ3n) is 3.77. The zero-order valence-corrected chi connectivity index (χ0v) is 12.5. The maximum absolute atomic E-state index is 12.4. The minimum atomic E-state index is -0.0822. The first kappa shape index (κ1) is 15.5. The third kappa shape index (κ3) is 3.61. The Hall–Kier alpha value is -1.88. The third-order valence-corrected chi connectivity index (χ3v) is 3.77. The van der Waals surface area contributed by atoms with Gasteiger partial charge in [0.25, 0.3) is 5.91 Å². The largest absolute Gasteiger partial charge is 0.394 e. The molecular formula is C16H22N2O3. The van der Waals surface area contributed by atoms with Gasteiger partial charge in [-0.15, -0.1) is 0 Å². The van der Waals surface area contributed by atoms with Crippen LogP contribution in [-0.4, -0.2) is 41.0 Å². The van der Waals surface area contributed by atoms with E-state index in [-0.39, 0.29) is 30.4 Å². The van der Waals surface area contributed by atoms with E-state index in [9.17, 15) is 14.7 Å². The molecule has 0 unspecified atom stereocenters. The number of rotatable bonds is 4. The van der Waals surface area contributed by atoms with E-state index in [2.05, 4.69) is 5.32 Å². The number of nitrogens with zero attached hydrogens (tertiary/aromatic N) is 1. The number of hydrogen-bond acceptors (Lipinski definition) is 3. The second-order valence-corrected chi connectivity index (χ2v) is 5.70. The quantitative estimate of drug-likeness (QED) is 0.889. The Kier molecular flexibility index (Phi) is 4.96. The van der Waals surface area contributed by atoms with Gasteiger partial charge in [-0.25, -0.2) is 0 Å². The number of anilines is 1. The van der Waals surface area contributed by atoms with Crippen LogP contribution in [0.2, 0.25) is 0 Å². The second kappa shape index (κ2) is 6.72. The average molecular weight is 290 g/mol. The average Bonchev–Trinajstić information content (AvgIpc) is 2.95. The number of benzene rings is 1. The van der Waals surface area contributed by atoms with Crippen LogP contribution < -0.4 is 5.32 Å². The van der Waals surface area contributed by atoms with Gasteiger partial charge in [0, 0.05) is 23.7 Å². The van der Waals surface area contributed by atoms with Crippen molar-refractivity contribution in [2.45, 2.75) is 32.7 Å². The molecule has 0 bridgehead atoms. The lowest BCUT2D eigenvalue weighted by Gasteiger charge is -2.23. The van der Waals surface area contributed by atoms with E-state index in [4.69, 9.17) is 0 Å². The molecule has 1 aromatic rings. The molecule has 2 amide bonds. The molecule has 1 heterocycles. The van der Waals surface area contributed by atoms with Crippen molar-refractivity contribution < 1.29 is 14.7 Å². The molecule has 0 aromatic heterocycles. The number of aliphatic hydroxyl groups is 1. The summed E-state index contributed by atoms with van der Waals surface area (Å²) in [6.07, 6.45) is 1.78. The molecule has 0 aliphatic carbocycles. The summed E-state index contributed by atoms with van der Waals surface area (Å²) in [4.78, 5) is 25.7. The van der Waals surface area contributed by atoms with Crippen LogP contribution in [0.25, 0.3) is 0 Å². The van der Waals surface area contributed by atoms with Gasteiger partial charge in [-0.1, -0.05) is 13.8 Å². The van der Waals surface area contributed by atoms with Crippen molar-refractivity contribution in [1.29, 1.82) is 0 Å². The molecule has 0 radical (unpaired) electrons. The highest BCUT2D eigenvalue weighted by Crippen LogP contribution is 2.20. The Bertz CT molecular complexity index is 511. The fourth-order valence-electron chi connectivity index (χ4n) is 2.44. The number of carbonyl (C=O) groups excluding carboxylic acids is 2. The van der Waals surface area contributed by atoms with E-state index >= 15 is 0 Å². The molecule has 21 heavy (non-hydrogen) atoms. The molecule has 5 heteroatoms. The van der Waals surface area contributed by atoms with E-state index in [1.54, 1.807) is 29.2 Å². The Morgan fingerprint density at radius 2 is 2.00 bits per heavy atom. The predicted octanol–water partition coefficient (Wildman–Crippen LogP) is 1.88. The molecule has 1 atom stereocenters. The van der Waals surface area contributed by atoms with Gasteiger partial charge >= 0.3 is 0 Å². The first-order valence-electron chi connectivity index (χ1n) is 7.35. The fourth-order valence-corrected chi connectivity index (χ4v) is 2.44. The van der Waals surface area contributed by atoms with Gasteiger partial charge in [0.15, 0.2) is 0 Å². The predicted molar refractivity (Wildman–Crippen MR) is 81.1 cm³/mol. The molecule has 0 saturated carbocycles. The normalized spacial score (nSPS) is 18.1. The van der Waals surface area contributed by atoms with Gasteiger partial charge in [0.2, 0.25) is 5.91 Å². The SMILES string of the molecule is CC(C)C(=O)Nc1ccc(C(=O)N2CCC[C@@H]2CO)cc1. The van der Waals surface area contributed by atoms with E-state index in [0.717, 1.165) is 12.8 Å². The molecule has 2 N–H and O–H groups in total. The summed E-state index contributed by atoms with van der Waals surface area (Å²) in [5, 5.41) is 12.1. The maximum Gasteiger partial charge on any atom is 0.254 e. The minimum absolute atomic E-state index is 0.00820. The van der Waals surface area contributed by atoms with Crippen molar-refractivity contribution in [3.8, 4) is 0 Å². The maximum atomic E-state index is 12.4. The highest BCUT2D eigenvalue weighted by molar-refractivity contribution is 5.96. The first-order chi connectivity index (χ1) is 10.0. The van der Waals surface area contributed by atoms with Crippen molar-refractivity contribution in [3.63, 3.8) is 0 Å². The summed E-state index contributed by atoms with van der Waals surface area (Å²) in [5.41, 5.74) is 1.27.